The Morgan fingerprint density at radius 2 is 2.21 bits per heavy atom. The number of carbonyl (C=O) groups excluding carboxylic acids is 1. The van der Waals surface area contributed by atoms with Gasteiger partial charge in [-0.3, -0.25) is 0 Å². The Morgan fingerprint density at radius 1 is 1.64 bits per heavy atom. The lowest BCUT2D eigenvalue weighted by Crippen LogP contribution is -2.28. The van der Waals surface area contributed by atoms with Crippen molar-refractivity contribution >= 4 is 17.9 Å². The van der Waals surface area contributed by atoms with E-state index in [2.05, 4.69) is 0 Å². The molecule has 0 aliphatic heterocycles. The van der Waals surface area contributed by atoms with Gasteiger partial charge in [-0.2, -0.15) is 5.26 Å². The van der Waals surface area contributed by atoms with E-state index in [1.165, 1.54) is 0 Å². The van der Waals surface area contributed by atoms with E-state index in [-0.39, 0.29) is 11.5 Å². The highest BCUT2D eigenvalue weighted by molar-refractivity contribution is 8.03. The number of nitrogens with zero attached hydrogens (tertiary/aromatic N) is 1. The molecule has 1 atom stereocenters. The van der Waals surface area contributed by atoms with Crippen LogP contribution in [0.4, 0.5) is 4.79 Å². The van der Waals surface area contributed by atoms with Crippen molar-refractivity contribution < 1.29 is 9.53 Å². The van der Waals surface area contributed by atoms with Gasteiger partial charge in [-0.05, 0) is 23.6 Å². The molecule has 4 nitrogen and oxygen atoms in total. The first-order valence-electron chi connectivity index (χ1n) is 4.32. The molecule has 0 aliphatic rings. The average molecular weight is 216 g/mol. The first-order chi connectivity index (χ1) is 6.35. The van der Waals surface area contributed by atoms with Crippen LogP contribution in [0.5, 0.6) is 0 Å². The van der Waals surface area contributed by atoms with Gasteiger partial charge < -0.3 is 10.5 Å². The van der Waals surface area contributed by atoms with Crippen LogP contribution < -0.4 is 5.73 Å². The molecule has 0 spiro atoms. The maximum atomic E-state index is 10.6. The lowest BCUT2D eigenvalue weighted by Gasteiger charge is -2.24. The third kappa shape index (κ3) is 7.74. The van der Waals surface area contributed by atoms with E-state index >= 15 is 0 Å². The van der Waals surface area contributed by atoms with Gasteiger partial charge in [0, 0.05) is 5.75 Å². The summed E-state index contributed by atoms with van der Waals surface area (Å²) < 4.78 is 4.90. The lowest BCUT2D eigenvalue weighted by molar-refractivity contribution is 0.0927. The first-order valence-corrected chi connectivity index (χ1v) is 5.30. The Balaban J connectivity index is 4.11. The number of rotatable bonds is 4. The molecule has 0 aromatic rings. The summed E-state index contributed by atoms with van der Waals surface area (Å²) in [6, 6.07) is 0. The number of nitriles is 1. The molecule has 0 aromatic heterocycles. The summed E-state index contributed by atoms with van der Waals surface area (Å²) in [4.78, 5) is 10.6. The molecule has 0 aliphatic carbocycles. The van der Waals surface area contributed by atoms with Crippen LogP contribution in [0.2, 0.25) is 0 Å². The summed E-state index contributed by atoms with van der Waals surface area (Å²) in [5, 5.41) is 10.3. The fraction of sp³-hybridized carbons (Fsp3) is 0.778. The highest BCUT2D eigenvalue weighted by atomic mass is 32.2. The Hall–Kier alpha value is -0.890. The molecular weight excluding hydrogens is 200 g/mol. The molecule has 0 saturated heterocycles. The second kappa shape index (κ2) is 5.76. The molecular formula is C9H16N2O2S. The molecule has 14 heavy (non-hydrogen) atoms. The Labute approximate surface area is 88.8 Å². The number of carbonyl (C=O) groups is 1. The number of nitrogens with two attached hydrogens (primary N) is 1. The van der Waals surface area contributed by atoms with Crippen LogP contribution in [0.15, 0.2) is 0 Å². The normalized spacial score (nSPS) is 13.0. The van der Waals surface area contributed by atoms with Gasteiger partial charge in [0.2, 0.25) is 0 Å². The van der Waals surface area contributed by atoms with Gasteiger partial charge in [0.1, 0.15) is 11.5 Å². The van der Waals surface area contributed by atoms with E-state index in [0.29, 0.717) is 12.2 Å². The van der Waals surface area contributed by atoms with E-state index < -0.39 is 6.09 Å². The molecule has 0 heterocycles. The highest BCUT2D eigenvalue weighted by Gasteiger charge is 2.21. The van der Waals surface area contributed by atoms with Gasteiger partial charge in [0.15, 0.2) is 0 Å². The zero-order chi connectivity index (χ0) is 11.2. The first kappa shape index (κ1) is 13.1. The molecule has 80 valence electrons. The minimum absolute atomic E-state index is 0.0517. The summed E-state index contributed by atoms with van der Waals surface area (Å²) in [6.45, 7) is 6.13. The molecule has 0 saturated carbocycles. The summed E-state index contributed by atoms with van der Waals surface area (Å²) in [5.41, 5.74) is 4.98. The number of hydrogen-bond acceptors (Lipinski definition) is 4. The molecule has 0 bridgehead atoms. The standard InChI is InChI=1S/C9H16N2O2S/c1-9(2,3)4-7(5-14-6-10)13-8(11)12/h7H,4-5H2,1-3H3,(H2,11,12)/t7-/m1/s1. The monoisotopic (exact) mass is 216 g/mol. The van der Waals surface area contributed by atoms with Gasteiger partial charge in [-0.25, -0.2) is 4.79 Å². The fourth-order valence-corrected chi connectivity index (χ4v) is 1.56. The Bertz CT molecular complexity index is 230. The average Bonchev–Trinajstić information content (AvgIpc) is 1.96. The number of hydrogen-bond donors (Lipinski definition) is 1. The number of ether oxygens (including phenoxy) is 1. The van der Waals surface area contributed by atoms with Crippen molar-refractivity contribution in [1.82, 2.24) is 0 Å². The molecule has 0 rings (SSSR count). The molecule has 5 heteroatoms. The molecule has 1 amide bonds. The van der Waals surface area contributed by atoms with Crippen molar-refractivity contribution in [1.29, 1.82) is 5.26 Å². The quantitative estimate of drug-likeness (QED) is 0.730. The second-order valence-corrected chi connectivity index (χ2v) is 5.03. The van der Waals surface area contributed by atoms with Crippen molar-refractivity contribution in [2.24, 2.45) is 11.1 Å². The minimum Gasteiger partial charge on any atom is -0.445 e. The predicted octanol–water partition coefficient (Wildman–Crippen LogP) is 2.10. The summed E-state index contributed by atoms with van der Waals surface area (Å²) in [5.74, 6) is 0.469. The van der Waals surface area contributed by atoms with Crippen LogP contribution in [0.3, 0.4) is 0 Å². The van der Waals surface area contributed by atoms with E-state index in [0.717, 1.165) is 11.8 Å². The van der Waals surface area contributed by atoms with Crippen molar-refractivity contribution in [3.63, 3.8) is 0 Å². The van der Waals surface area contributed by atoms with Gasteiger partial charge in [0.05, 0.1) is 0 Å². The van der Waals surface area contributed by atoms with E-state index in [4.69, 9.17) is 15.7 Å². The molecule has 2 N–H and O–H groups in total. The van der Waals surface area contributed by atoms with Crippen LogP contribution in [0, 0.1) is 16.1 Å². The van der Waals surface area contributed by atoms with Crippen molar-refractivity contribution in [2.75, 3.05) is 5.75 Å². The lowest BCUT2D eigenvalue weighted by atomic mass is 9.90. The second-order valence-electron chi connectivity index (χ2n) is 4.23. The predicted molar refractivity (Wildman–Crippen MR) is 56.6 cm³/mol. The van der Waals surface area contributed by atoms with Crippen LogP contribution >= 0.6 is 11.8 Å². The molecule has 0 radical (unpaired) electrons. The number of primary amides is 1. The zero-order valence-electron chi connectivity index (χ0n) is 8.74. The third-order valence-electron chi connectivity index (χ3n) is 1.46. The van der Waals surface area contributed by atoms with Crippen molar-refractivity contribution in [2.45, 2.75) is 33.3 Å². The molecule has 0 fully saturated rings. The molecule has 0 unspecified atom stereocenters. The Kier molecular flexibility index (Phi) is 5.39. The van der Waals surface area contributed by atoms with Gasteiger partial charge >= 0.3 is 6.09 Å². The van der Waals surface area contributed by atoms with Crippen molar-refractivity contribution in [3.05, 3.63) is 0 Å². The fourth-order valence-electron chi connectivity index (χ4n) is 1.11. The van der Waals surface area contributed by atoms with Crippen LogP contribution in [0.1, 0.15) is 27.2 Å². The Morgan fingerprint density at radius 3 is 2.57 bits per heavy atom. The van der Waals surface area contributed by atoms with Crippen molar-refractivity contribution in [3.8, 4) is 5.40 Å². The van der Waals surface area contributed by atoms with Crippen LogP contribution in [-0.4, -0.2) is 18.0 Å². The van der Waals surface area contributed by atoms with E-state index in [9.17, 15) is 4.79 Å². The summed E-state index contributed by atoms with van der Waals surface area (Å²) in [6.07, 6.45) is -0.361. The number of thiocyanates is 1. The van der Waals surface area contributed by atoms with E-state index in [1.807, 2.05) is 26.2 Å². The van der Waals surface area contributed by atoms with Gasteiger partial charge in [0.25, 0.3) is 0 Å². The maximum absolute atomic E-state index is 10.6. The molecule has 0 aromatic carbocycles. The summed E-state index contributed by atoms with van der Waals surface area (Å²) in [7, 11) is 0. The highest BCUT2D eigenvalue weighted by Crippen LogP contribution is 2.24. The van der Waals surface area contributed by atoms with E-state index in [1.54, 1.807) is 0 Å². The maximum Gasteiger partial charge on any atom is 0.404 e. The topological polar surface area (TPSA) is 76.1 Å². The smallest absolute Gasteiger partial charge is 0.404 e. The largest absolute Gasteiger partial charge is 0.445 e. The third-order valence-corrected chi connectivity index (χ3v) is 2.12. The number of amides is 1. The minimum atomic E-state index is -0.780. The van der Waals surface area contributed by atoms with Crippen LogP contribution in [0.25, 0.3) is 0 Å². The summed E-state index contributed by atoms with van der Waals surface area (Å²) >= 11 is 1.07. The SMILES string of the molecule is CC(C)(C)C[C@H](CSC#N)OC(N)=O. The van der Waals surface area contributed by atoms with Crippen LogP contribution in [-0.2, 0) is 4.74 Å². The zero-order valence-corrected chi connectivity index (χ0v) is 9.56. The van der Waals surface area contributed by atoms with Gasteiger partial charge in [-0.1, -0.05) is 20.8 Å². The van der Waals surface area contributed by atoms with Gasteiger partial charge in [-0.15, -0.1) is 0 Å². The number of thioether (sulfide) groups is 1.